The standard InChI is InChI=1S/C17H21ClN2O3/c1-3-4-5-9-23-16(21)14-11(2)19-17(22)20-15(14)12-7-6-8-13(18)10-12/h6-8,10,15H,3-5,9H2,1-2H3,(H2,19,20,22)/t15-/m0/s1. The Morgan fingerprint density at radius 3 is 2.83 bits per heavy atom. The van der Waals surface area contributed by atoms with Crippen molar-refractivity contribution in [2.45, 2.75) is 39.2 Å². The van der Waals surface area contributed by atoms with Gasteiger partial charge in [0.1, 0.15) is 0 Å². The van der Waals surface area contributed by atoms with E-state index in [1.807, 2.05) is 6.07 Å². The molecule has 0 saturated heterocycles. The van der Waals surface area contributed by atoms with Gasteiger partial charge in [-0.1, -0.05) is 43.5 Å². The Hall–Kier alpha value is -2.01. The molecule has 2 rings (SSSR count). The number of unbranched alkanes of at least 4 members (excludes halogenated alkanes) is 2. The monoisotopic (exact) mass is 336 g/mol. The smallest absolute Gasteiger partial charge is 0.338 e. The average molecular weight is 337 g/mol. The highest BCUT2D eigenvalue weighted by Crippen LogP contribution is 2.29. The first-order valence-corrected chi connectivity index (χ1v) is 8.11. The van der Waals surface area contributed by atoms with Crippen LogP contribution < -0.4 is 10.6 Å². The van der Waals surface area contributed by atoms with E-state index in [-0.39, 0.29) is 6.03 Å². The molecule has 2 amide bonds. The van der Waals surface area contributed by atoms with Gasteiger partial charge in [0.05, 0.1) is 18.2 Å². The van der Waals surface area contributed by atoms with Gasteiger partial charge in [-0.25, -0.2) is 9.59 Å². The fourth-order valence-corrected chi connectivity index (χ4v) is 2.69. The summed E-state index contributed by atoms with van der Waals surface area (Å²) in [5, 5.41) is 5.92. The minimum Gasteiger partial charge on any atom is -0.462 e. The summed E-state index contributed by atoms with van der Waals surface area (Å²) in [6, 6.07) is 6.16. The minimum absolute atomic E-state index is 0.352. The number of esters is 1. The van der Waals surface area contributed by atoms with Gasteiger partial charge in [-0.15, -0.1) is 0 Å². The Kier molecular flexibility index (Phi) is 6.04. The zero-order chi connectivity index (χ0) is 16.8. The number of carbonyl (C=O) groups excluding carboxylic acids is 2. The molecule has 0 aliphatic carbocycles. The van der Waals surface area contributed by atoms with E-state index in [1.165, 1.54) is 0 Å². The van der Waals surface area contributed by atoms with E-state index in [0.29, 0.717) is 22.9 Å². The van der Waals surface area contributed by atoms with Gasteiger partial charge in [-0.05, 0) is 31.0 Å². The molecule has 1 aromatic rings. The van der Waals surface area contributed by atoms with E-state index < -0.39 is 12.0 Å². The molecule has 0 aromatic heterocycles. The van der Waals surface area contributed by atoms with Crippen LogP contribution in [0, 0.1) is 0 Å². The molecule has 124 valence electrons. The number of hydrogen-bond donors (Lipinski definition) is 2. The molecule has 1 aromatic carbocycles. The highest BCUT2D eigenvalue weighted by atomic mass is 35.5. The predicted molar refractivity (Wildman–Crippen MR) is 89.0 cm³/mol. The molecule has 0 bridgehead atoms. The summed E-state index contributed by atoms with van der Waals surface area (Å²) >= 11 is 6.02. The molecule has 2 N–H and O–H groups in total. The Morgan fingerprint density at radius 1 is 1.35 bits per heavy atom. The summed E-state index contributed by atoms with van der Waals surface area (Å²) in [5.41, 5.74) is 1.65. The lowest BCUT2D eigenvalue weighted by atomic mass is 9.95. The molecule has 0 unspecified atom stereocenters. The molecule has 0 spiro atoms. The maximum Gasteiger partial charge on any atom is 0.338 e. The number of ether oxygens (including phenoxy) is 1. The van der Waals surface area contributed by atoms with E-state index in [2.05, 4.69) is 17.6 Å². The number of hydrogen-bond acceptors (Lipinski definition) is 3. The molecule has 5 nitrogen and oxygen atoms in total. The molecule has 0 fully saturated rings. The van der Waals surface area contributed by atoms with E-state index in [9.17, 15) is 9.59 Å². The lowest BCUT2D eigenvalue weighted by Gasteiger charge is -2.28. The summed E-state index contributed by atoms with van der Waals surface area (Å²) in [6.07, 6.45) is 2.90. The Bertz CT molecular complexity index is 628. The van der Waals surface area contributed by atoms with Crippen molar-refractivity contribution in [3.05, 3.63) is 46.1 Å². The van der Waals surface area contributed by atoms with Crippen LogP contribution in [0.15, 0.2) is 35.5 Å². The largest absolute Gasteiger partial charge is 0.462 e. The van der Waals surface area contributed by atoms with Gasteiger partial charge in [-0.2, -0.15) is 0 Å². The van der Waals surface area contributed by atoms with Crippen molar-refractivity contribution in [3.63, 3.8) is 0 Å². The van der Waals surface area contributed by atoms with Crippen molar-refractivity contribution < 1.29 is 14.3 Å². The van der Waals surface area contributed by atoms with Crippen LogP contribution in [0.1, 0.15) is 44.7 Å². The quantitative estimate of drug-likeness (QED) is 0.614. The maximum atomic E-state index is 12.4. The van der Waals surface area contributed by atoms with Crippen molar-refractivity contribution in [1.82, 2.24) is 10.6 Å². The minimum atomic E-state index is -0.568. The van der Waals surface area contributed by atoms with Gasteiger partial charge in [0, 0.05) is 10.7 Å². The topological polar surface area (TPSA) is 67.4 Å². The molecular weight excluding hydrogens is 316 g/mol. The zero-order valence-corrected chi connectivity index (χ0v) is 14.1. The SMILES string of the molecule is CCCCCOC(=O)C1=C(C)NC(=O)N[C@H]1c1cccc(Cl)c1. The van der Waals surface area contributed by atoms with Crippen LogP contribution >= 0.6 is 11.6 Å². The Labute approximate surface area is 141 Å². The van der Waals surface area contributed by atoms with Crippen molar-refractivity contribution in [2.75, 3.05) is 6.61 Å². The van der Waals surface area contributed by atoms with Crippen molar-refractivity contribution in [2.24, 2.45) is 0 Å². The predicted octanol–water partition coefficient (Wildman–Crippen LogP) is 3.70. The first kappa shape index (κ1) is 17.3. The molecule has 1 heterocycles. The van der Waals surface area contributed by atoms with Gasteiger partial charge in [-0.3, -0.25) is 0 Å². The second kappa shape index (κ2) is 8.02. The molecule has 23 heavy (non-hydrogen) atoms. The van der Waals surface area contributed by atoms with Gasteiger partial charge >= 0.3 is 12.0 Å². The molecule has 6 heteroatoms. The number of benzene rings is 1. The van der Waals surface area contributed by atoms with Crippen LogP contribution in [0.2, 0.25) is 5.02 Å². The van der Waals surface area contributed by atoms with E-state index >= 15 is 0 Å². The van der Waals surface area contributed by atoms with E-state index in [4.69, 9.17) is 16.3 Å². The summed E-state index contributed by atoms with van der Waals surface area (Å²) in [4.78, 5) is 24.2. The second-order valence-electron chi connectivity index (χ2n) is 5.47. The summed E-state index contributed by atoms with van der Waals surface area (Å²) in [6.45, 7) is 4.16. The van der Waals surface area contributed by atoms with Crippen molar-refractivity contribution >= 4 is 23.6 Å². The van der Waals surface area contributed by atoms with Crippen molar-refractivity contribution in [1.29, 1.82) is 0 Å². The van der Waals surface area contributed by atoms with Gasteiger partial charge in [0.2, 0.25) is 0 Å². The number of nitrogens with one attached hydrogen (secondary N) is 2. The number of allylic oxidation sites excluding steroid dienone is 1. The zero-order valence-electron chi connectivity index (χ0n) is 13.3. The third-order valence-corrected chi connectivity index (χ3v) is 3.89. The molecule has 0 saturated carbocycles. The highest BCUT2D eigenvalue weighted by molar-refractivity contribution is 6.30. The second-order valence-corrected chi connectivity index (χ2v) is 5.90. The third-order valence-electron chi connectivity index (χ3n) is 3.65. The number of carbonyl (C=O) groups is 2. The molecular formula is C17H21ClN2O3. The van der Waals surface area contributed by atoms with E-state index in [1.54, 1.807) is 25.1 Å². The first-order chi connectivity index (χ1) is 11.0. The number of urea groups is 1. The molecule has 1 aliphatic rings. The Morgan fingerprint density at radius 2 is 2.13 bits per heavy atom. The van der Waals surface area contributed by atoms with Gasteiger partial charge in [0.15, 0.2) is 0 Å². The van der Waals surface area contributed by atoms with Crippen LogP contribution in [-0.2, 0) is 9.53 Å². The summed E-state index contributed by atoms with van der Waals surface area (Å²) < 4.78 is 5.35. The number of rotatable bonds is 6. The number of halogens is 1. The lowest BCUT2D eigenvalue weighted by Crippen LogP contribution is -2.45. The van der Waals surface area contributed by atoms with Crippen molar-refractivity contribution in [3.8, 4) is 0 Å². The molecule has 0 radical (unpaired) electrons. The normalized spacial score (nSPS) is 17.5. The fourth-order valence-electron chi connectivity index (χ4n) is 2.50. The third kappa shape index (κ3) is 4.48. The highest BCUT2D eigenvalue weighted by Gasteiger charge is 2.32. The van der Waals surface area contributed by atoms with Crippen LogP contribution in [-0.4, -0.2) is 18.6 Å². The van der Waals surface area contributed by atoms with Crippen LogP contribution in [0.4, 0.5) is 4.79 Å². The van der Waals surface area contributed by atoms with Gasteiger partial charge < -0.3 is 15.4 Å². The molecule has 1 atom stereocenters. The first-order valence-electron chi connectivity index (χ1n) is 7.73. The maximum absolute atomic E-state index is 12.4. The molecule has 1 aliphatic heterocycles. The summed E-state index contributed by atoms with van der Waals surface area (Å²) in [7, 11) is 0. The fraction of sp³-hybridized carbons (Fsp3) is 0.412. The lowest BCUT2D eigenvalue weighted by molar-refractivity contribution is -0.139. The Balaban J connectivity index is 2.22. The van der Waals surface area contributed by atoms with Crippen LogP contribution in [0.25, 0.3) is 0 Å². The van der Waals surface area contributed by atoms with E-state index in [0.717, 1.165) is 24.8 Å². The van der Waals surface area contributed by atoms with Crippen LogP contribution in [0.3, 0.4) is 0 Å². The summed E-state index contributed by atoms with van der Waals surface area (Å²) in [5.74, 6) is -0.420. The number of amides is 2. The van der Waals surface area contributed by atoms with Crippen LogP contribution in [0.5, 0.6) is 0 Å². The average Bonchev–Trinajstić information content (AvgIpc) is 2.50. The van der Waals surface area contributed by atoms with Gasteiger partial charge in [0.25, 0.3) is 0 Å².